The van der Waals surface area contributed by atoms with Crippen LogP contribution in [0.5, 0.6) is 5.75 Å². The highest BCUT2D eigenvalue weighted by atomic mass is 32.2. The minimum Gasteiger partial charge on any atom is -0.494 e. The molecule has 7 heteroatoms. The predicted octanol–water partition coefficient (Wildman–Crippen LogP) is 6.74. The average Bonchev–Trinajstić information content (AvgIpc) is 2.75. The van der Waals surface area contributed by atoms with Crippen LogP contribution in [0.2, 0.25) is 0 Å². The molecule has 0 fully saturated rings. The molecule has 1 aromatic carbocycles. The first-order chi connectivity index (χ1) is 15.3. The van der Waals surface area contributed by atoms with Crippen LogP contribution < -0.4 is 10.5 Å². The Morgan fingerprint density at radius 1 is 0.938 bits per heavy atom. The summed E-state index contributed by atoms with van der Waals surface area (Å²) in [7, 11) is -3.26. The van der Waals surface area contributed by atoms with Gasteiger partial charge in [0.05, 0.1) is 12.7 Å². The molecule has 0 aliphatic rings. The molecule has 0 saturated carbocycles. The van der Waals surface area contributed by atoms with Gasteiger partial charge in [0.1, 0.15) is 4.90 Å². The lowest BCUT2D eigenvalue weighted by Gasteiger charge is -2.13. The second kappa shape index (κ2) is 15.9. The second-order valence-electron chi connectivity index (χ2n) is 8.29. The van der Waals surface area contributed by atoms with Crippen LogP contribution in [0.4, 0.5) is 5.69 Å². The van der Waals surface area contributed by atoms with E-state index in [2.05, 4.69) is 19.1 Å². The summed E-state index contributed by atoms with van der Waals surface area (Å²) in [6.07, 6.45) is 20.1. The Morgan fingerprint density at radius 2 is 1.47 bits per heavy atom. The number of unbranched alkanes of at least 4 members (excludes halogenated alkanes) is 11. The number of allylic oxidation sites excluding steroid dienone is 2. The van der Waals surface area contributed by atoms with Crippen molar-refractivity contribution in [1.29, 1.82) is 0 Å². The van der Waals surface area contributed by atoms with Crippen molar-refractivity contribution in [3.05, 3.63) is 29.8 Å². The van der Waals surface area contributed by atoms with E-state index in [0.29, 0.717) is 6.42 Å². The highest BCUT2D eigenvalue weighted by Gasteiger charge is 2.25. The fraction of sp³-hybridized carbons (Fsp3) is 0.640. The van der Waals surface area contributed by atoms with E-state index in [4.69, 9.17) is 10.5 Å². The maximum absolute atomic E-state index is 12.6. The number of nitrogens with two attached hydrogens (primary N) is 1. The standard InChI is InChI=1S/C25H41NO5S/c1-3-4-5-6-7-8-9-10-11-12-13-14-15-16-17-18-22(27)24-21(26)19-20-23(25(24)31-2)32(28,29)30/h10-11,19-20H,3-9,12-18,26H2,1-2H3,(H,28,29,30)/b11-10-. The first-order valence-corrected chi connectivity index (χ1v) is 13.4. The predicted molar refractivity (Wildman–Crippen MR) is 131 cm³/mol. The Morgan fingerprint density at radius 3 is 2.00 bits per heavy atom. The van der Waals surface area contributed by atoms with Gasteiger partial charge in [0.25, 0.3) is 10.1 Å². The summed E-state index contributed by atoms with van der Waals surface area (Å²) in [4.78, 5) is 12.2. The molecular weight excluding hydrogens is 426 g/mol. The van der Waals surface area contributed by atoms with Crippen LogP contribution in [-0.2, 0) is 10.1 Å². The number of hydrogen-bond donors (Lipinski definition) is 2. The molecule has 3 N–H and O–H groups in total. The minimum absolute atomic E-state index is 0.0260. The van der Waals surface area contributed by atoms with E-state index in [1.54, 1.807) is 0 Å². The van der Waals surface area contributed by atoms with Crippen LogP contribution in [0.15, 0.2) is 29.2 Å². The summed E-state index contributed by atoms with van der Waals surface area (Å²) in [5.74, 6) is -0.465. The van der Waals surface area contributed by atoms with Crippen molar-refractivity contribution in [2.45, 2.75) is 102 Å². The summed E-state index contributed by atoms with van der Waals surface area (Å²) in [6, 6.07) is 2.45. The largest absolute Gasteiger partial charge is 0.494 e. The molecule has 6 nitrogen and oxygen atoms in total. The molecule has 0 bridgehead atoms. The van der Waals surface area contributed by atoms with E-state index in [0.717, 1.165) is 38.2 Å². The molecular formula is C25H41NO5S. The zero-order valence-corrected chi connectivity index (χ0v) is 20.6. The molecule has 0 aliphatic carbocycles. The Labute approximate surface area is 194 Å². The van der Waals surface area contributed by atoms with E-state index in [1.807, 2.05) is 0 Å². The summed E-state index contributed by atoms with van der Waals surface area (Å²) < 4.78 is 37.5. The number of nitrogen functional groups attached to an aromatic ring is 1. The lowest BCUT2D eigenvalue weighted by Crippen LogP contribution is -2.11. The van der Waals surface area contributed by atoms with E-state index in [1.165, 1.54) is 58.1 Å². The van der Waals surface area contributed by atoms with E-state index in [9.17, 15) is 17.8 Å². The van der Waals surface area contributed by atoms with Gasteiger partial charge < -0.3 is 10.5 Å². The smallest absolute Gasteiger partial charge is 0.298 e. The summed E-state index contributed by atoms with van der Waals surface area (Å²) in [5.41, 5.74) is 6.05. The Balaban J connectivity index is 2.25. The van der Waals surface area contributed by atoms with Crippen LogP contribution in [-0.4, -0.2) is 25.9 Å². The molecule has 0 radical (unpaired) electrons. The molecule has 0 atom stereocenters. The van der Waals surface area contributed by atoms with Crippen LogP contribution in [0, 0.1) is 0 Å². The zero-order chi connectivity index (χ0) is 23.8. The van der Waals surface area contributed by atoms with Crippen molar-refractivity contribution in [1.82, 2.24) is 0 Å². The Bertz CT molecular complexity index is 818. The van der Waals surface area contributed by atoms with Gasteiger partial charge in [0.15, 0.2) is 11.5 Å². The van der Waals surface area contributed by atoms with Crippen molar-refractivity contribution in [3.8, 4) is 5.75 Å². The van der Waals surface area contributed by atoms with Gasteiger partial charge in [-0.05, 0) is 44.2 Å². The number of carbonyl (C=O) groups excluding carboxylic acids is 1. The number of ether oxygens (including phenoxy) is 1. The number of ketones is 1. The monoisotopic (exact) mass is 467 g/mol. The van der Waals surface area contributed by atoms with E-state index in [-0.39, 0.29) is 29.2 Å². The van der Waals surface area contributed by atoms with Gasteiger partial charge in [-0.3, -0.25) is 9.35 Å². The summed E-state index contributed by atoms with van der Waals surface area (Å²) >= 11 is 0. The molecule has 0 spiro atoms. The number of benzene rings is 1. The van der Waals surface area contributed by atoms with Crippen molar-refractivity contribution >= 4 is 21.6 Å². The molecule has 0 amide bonds. The highest BCUT2D eigenvalue weighted by Crippen LogP contribution is 2.33. The molecule has 0 aromatic heterocycles. The minimum atomic E-state index is -4.51. The van der Waals surface area contributed by atoms with Gasteiger partial charge in [0.2, 0.25) is 0 Å². The molecule has 0 unspecified atom stereocenters. The first kappa shape index (κ1) is 28.2. The van der Waals surface area contributed by atoms with Gasteiger partial charge in [-0.1, -0.05) is 70.4 Å². The van der Waals surface area contributed by atoms with E-state index < -0.39 is 15.0 Å². The SMILES string of the molecule is CCCCCCCC/C=C\CCCCCCCC(=O)c1c(N)ccc(S(=O)(=O)O)c1OC. The normalized spacial score (nSPS) is 11.8. The quantitative estimate of drug-likeness (QED) is 0.0813. The maximum atomic E-state index is 12.6. The maximum Gasteiger partial charge on any atom is 0.298 e. The average molecular weight is 468 g/mol. The Hall–Kier alpha value is -1.86. The molecule has 32 heavy (non-hydrogen) atoms. The van der Waals surface area contributed by atoms with Crippen molar-refractivity contribution in [3.63, 3.8) is 0 Å². The van der Waals surface area contributed by atoms with Crippen molar-refractivity contribution in [2.24, 2.45) is 0 Å². The number of rotatable bonds is 18. The molecule has 0 aliphatic heterocycles. The van der Waals surface area contributed by atoms with Gasteiger partial charge in [-0.2, -0.15) is 8.42 Å². The number of hydrogen-bond acceptors (Lipinski definition) is 5. The fourth-order valence-electron chi connectivity index (χ4n) is 3.75. The third-order valence-electron chi connectivity index (χ3n) is 5.58. The number of Topliss-reactive ketones (excluding diaryl/α,β-unsaturated/α-hetero) is 1. The number of methoxy groups -OCH3 is 1. The third kappa shape index (κ3) is 10.6. The second-order valence-corrected chi connectivity index (χ2v) is 9.68. The number of anilines is 1. The molecule has 1 rings (SSSR count). The van der Waals surface area contributed by atoms with Crippen LogP contribution in [0.25, 0.3) is 0 Å². The van der Waals surface area contributed by atoms with Crippen LogP contribution in [0.1, 0.15) is 107 Å². The third-order valence-corrected chi connectivity index (χ3v) is 6.46. The van der Waals surface area contributed by atoms with Crippen molar-refractivity contribution < 1.29 is 22.5 Å². The van der Waals surface area contributed by atoms with Gasteiger partial charge in [0, 0.05) is 12.1 Å². The fourth-order valence-corrected chi connectivity index (χ4v) is 4.41. The van der Waals surface area contributed by atoms with E-state index >= 15 is 0 Å². The van der Waals surface area contributed by atoms with Crippen LogP contribution in [0.3, 0.4) is 0 Å². The van der Waals surface area contributed by atoms with Gasteiger partial charge in [-0.25, -0.2) is 0 Å². The summed E-state index contributed by atoms with van der Waals surface area (Å²) in [5, 5.41) is 0. The highest BCUT2D eigenvalue weighted by molar-refractivity contribution is 7.86. The zero-order valence-electron chi connectivity index (χ0n) is 19.8. The molecule has 0 saturated heterocycles. The summed E-state index contributed by atoms with van der Waals surface area (Å²) in [6.45, 7) is 2.24. The molecule has 0 heterocycles. The van der Waals surface area contributed by atoms with Gasteiger partial charge in [-0.15, -0.1) is 0 Å². The first-order valence-electron chi connectivity index (χ1n) is 11.9. The lowest BCUT2D eigenvalue weighted by molar-refractivity contribution is 0.0976. The van der Waals surface area contributed by atoms with Gasteiger partial charge >= 0.3 is 0 Å². The topological polar surface area (TPSA) is 107 Å². The molecule has 1 aromatic rings. The molecule has 182 valence electrons. The van der Waals surface area contributed by atoms with Crippen molar-refractivity contribution in [2.75, 3.05) is 12.8 Å². The lowest BCUT2D eigenvalue weighted by atomic mass is 10.0. The number of carbonyl (C=O) groups is 1. The van der Waals surface area contributed by atoms with Crippen LogP contribution >= 0.6 is 0 Å². The Kier molecular flexibility index (Phi) is 14.0.